The fourth-order valence-corrected chi connectivity index (χ4v) is 2.67. The maximum Gasteiger partial charge on any atom is 0.157 e. The highest BCUT2D eigenvalue weighted by atomic mass is 16.5. The fourth-order valence-electron chi connectivity index (χ4n) is 2.67. The monoisotopic (exact) mass is 311 g/mol. The van der Waals surface area contributed by atoms with E-state index in [0.29, 0.717) is 28.6 Å². The van der Waals surface area contributed by atoms with Crippen molar-refractivity contribution >= 4 is 11.5 Å². The normalized spacial score (nSPS) is 14.3. The van der Waals surface area contributed by atoms with Gasteiger partial charge in [-0.1, -0.05) is 6.07 Å². The van der Waals surface area contributed by atoms with Crippen LogP contribution in [0.25, 0.3) is 17.0 Å². The summed E-state index contributed by atoms with van der Waals surface area (Å²) in [5.41, 5.74) is 9.58. The average molecular weight is 311 g/mol. The summed E-state index contributed by atoms with van der Waals surface area (Å²) in [6.45, 7) is -0.131. The molecule has 0 atom stereocenters. The van der Waals surface area contributed by atoms with E-state index < -0.39 is 0 Å². The van der Waals surface area contributed by atoms with Gasteiger partial charge in [0.15, 0.2) is 5.65 Å². The lowest BCUT2D eigenvalue weighted by atomic mass is 10.2. The van der Waals surface area contributed by atoms with Gasteiger partial charge in [-0.05, 0) is 18.9 Å². The summed E-state index contributed by atoms with van der Waals surface area (Å²) in [7, 11) is 1.65. The molecular weight excluding hydrogens is 294 g/mol. The number of nitrogen functional groups attached to an aromatic ring is 1. The molecule has 3 heterocycles. The minimum atomic E-state index is -0.131. The van der Waals surface area contributed by atoms with Crippen LogP contribution in [-0.2, 0) is 6.61 Å². The smallest absolute Gasteiger partial charge is 0.157 e. The lowest BCUT2D eigenvalue weighted by Gasteiger charge is -2.09. The number of hydrogen-bond acceptors (Lipinski definition) is 6. The summed E-state index contributed by atoms with van der Waals surface area (Å²) in [6, 6.07) is 5.48. The first kappa shape index (κ1) is 14.0. The Labute approximate surface area is 132 Å². The van der Waals surface area contributed by atoms with Gasteiger partial charge in [-0.2, -0.15) is 5.10 Å². The van der Waals surface area contributed by atoms with E-state index in [2.05, 4.69) is 9.97 Å². The number of ether oxygens (including phenoxy) is 1. The SMILES string of the molecule is COc1cc2ncc(-c3ccc(CO)c(N)n3)n2nc1C1CC1. The molecule has 7 heteroatoms. The van der Waals surface area contributed by atoms with E-state index in [1.807, 2.05) is 12.1 Å². The summed E-state index contributed by atoms with van der Waals surface area (Å²) >= 11 is 0. The first-order valence-corrected chi connectivity index (χ1v) is 7.50. The summed E-state index contributed by atoms with van der Waals surface area (Å²) in [5.74, 6) is 1.55. The van der Waals surface area contributed by atoms with Gasteiger partial charge in [0, 0.05) is 17.5 Å². The third kappa shape index (κ3) is 2.29. The van der Waals surface area contributed by atoms with Gasteiger partial charge in [0.1, 0.15) is 23.0 Å². The molecule has 0 saturated heterocycles. The topological polar surface area (TPSA) is 98.6 Å². The van der Waals surface area contributed by atoms with Crippen molar-refractivity contribution in [1.29, 1.82) is 0 Å². The number of anilines is 1. The molecule has 0 aromatic carbocycles. The number of nitrogens with two attached hydrogens (primary N) is 1. The molecule has 3 aromatic rings. The molecule has 1 fully saturated rings. The molecule has 1 aliphatic carbocycles. The van der Waals surface area contributed by atoms with E-state index in [-0.39, 0.29) is 6.61 Å². The van der Waals surface area contributed by atoms with E-state index in [1.165, 1.54) is 0 Å². The number of aliphatic hydroxyl groups is 1. The zero-order valence-electron chi connectivity index (χ0n) is 12.7. The quantitative estimate of drug-likeness (QED) is 0.761. The van der Waals surface area contributed by atoms with Gasteiger partial charge in [0.2, 0.25) is 0 Å². The molecule has 0 spiro atoms. The predicted molar refractivity (Wildman–Crippen MR) is 85.1 cm³/mol. The van der Waals surface area contributed by atoms with Crippen molar-refractivity contribution in [1.82, 2.24) is 19.6 Å². The predicted octanol–water partition coefficient (Wildman–Crippen LogP) is 1.75. The van der Waals surface area contributed by atoms with Crippen LogP contribution in [0.3, 0.4) is 0 Å². The highest BCUT2D eigenvalue weighted by Gasteiger charge is 2.29. The first-order chi connectivity index (χ1) is 11.2. The van der Waals surface area contributed by atoms with Crippen LogP contribution in [0.5, 0.6) is 5.75 Å². The van der Waals surface area contributed by atoms with Crippen LogP contribution in [0.4, 0.5) is 5.82 Å². The molecule has 0 radical (unpaired) electrons. The summed E-state index contributed by atoms with van der Waals surface area (Å²) in [5, 5.41) is 13.9. The summed E-state index contributed by atoms with van der Waals surface area (Å²) < 4.78 is 7.21. The lowest BCUT2D eigenvalue weighted by Crippen LogP contribution is -2.04. The molecule has 7 nitrogen and oxygen atoms in total. The van der Waals surface area contributed by atoms with E-state index in [1.54, 1.807) is 23.9 Å². The van der Waals surface area contributed by atoms with Gasteiger partial charge in [-0.3, -0.25) is 0 Å². The maximum absolute atomic E-state index is 9.21. The lowest BCUT2D eigenvalue weighted by molar-refractivity contribution is 0.282. The van der Waals surface area contributed by atoms with Gasteiger partial charge in [-0.15, -0.1) is 0 Å². The fraction of sp³-hybridized carbons (Fsp3) is 0.312. The van der Waals surface area contributed by atoms with E-state index >= 15 is 0 Å². The number of fused-ring (bicyclic) bond motifs is 1. The molecule has 1 saturated carbocycles. The molecule has 0 aliphatic heterocycles. The third-order valence-electron chi connectivity index (χ3n) is 4.11. The van der Waals surface area contributed by atoms with Gasteiger partial charge in [-0.25, -0.2) is 14.5 Å². The van der Waals surface area contributed by atoms with Gasteiger partial charge in [0.05, 0.1) is 25.6 Å². The molecule has 23 heavy (non-hydrogen) atoms. The number of pyridine rings is 1. The van der Waals surface area contributed by atoms with E-state index in [4.69, 9.17) is 15.6 Å². The van der Waals surface area contributed by atoms with Crippen molar-refractivity contribution in [3.05, 3.63) is 35.7 Å². The van der Waals surface area contributed by atoms with Gasteiger partial charge >= 0.3 is 0 Å². The molecular formula is C16H17N5O2. The van der Waals surface area contributed by atoms with Crippen LogP contribution in [0.15, 0.2) is 24.4 Å². The Kier molecular flexibility index (Phi) is 3.16. The van der Waals surface area contributed by atoms with Gasteiger partial charge in [0.25, 0.3) is 0 Å². The van der Waals surface area contributed by atoms with Crippen molar-refractivity contribution in [3.8, 4) is 17.1 Å². The minimum absolute atomic E-state index is 0.131. The van der Waals surface area contributed by atoms with Crippen molar-refractivity contribution in [2.24, 2.45) is 0 Å². The number of nitrogens with zero attached hydrogens (tertiary/aromatic N) is 4. The van der Waals surface area contributed by atoms with Crippen molar-refractivity contribution in [2.45, 2.75) is 25.4 Å². The zero-order chi connectivity index (χ0) is 16.0. The molecule has 0 amide bonds. The molecule has 118 valence electrons. The largest absolute Gasteiger partial charge is 0.495 e. The van der Waals surface area contributed by atoms with Crippen LogP contribution in [-0.4, -0.2) is 31.8 Å². The summed E-state index contributed by atoms with van der Waals surface area (Å²) in [4.78, 5) is 8.74. The molecule has 0 bridgehead atoms. The maximum atomic E-state index is 9.21. The summed E-state index contributed by atoms with van der Waals surface area (Å²) in [6.07, 6.45) is 3.99. The number of aromatic nitrogens is 4. The second-order valence-corrected chi connectivity index (χ2v) is 5.68. The second-order valence-electron chi connectivity index (χ2n) is 5.68. The van der Waals surface area contributed by atoms with Crippen molar-refractivity contribution in [2.75, 3.05) is 12.8 Å². The number of hydrogen-bond donors (Lipinski definition) is 2. The van der Waals surface area contributed by atoms with E-state index in [9.17, 15) is 5.11 Å². The minimum Gasteiger partial charge on any atom is -0.495 e. The Morgan fingerprint density at radius 1 is 1.39 bits per heavy atom. The highest BCUT2D eigenvalue weighted by molar-refractivity contribution is 5.63. The Bertz CT molecular complexity index is 886. The Balaban J connectivity index is 1.87. The standard InChI is InChI=1S/C16H17N5O2/c1-23-13-6-14-18-7-12(21(14)20-15(13)9-2-3-9)11-5-4-10(8-22)16(17)19-11/h4-7,9,22H,2-3,8H2,1H3,(H2,17,19). The van der Waals surface area contributed by atoms with Gasteiger partial charge < -0.3 is 15.6 Å². The van der Waals surface area contributed by atoms with Crippen LogP contribution in [0.1, 0.15) is 30.0 Å². The number of imidazole rings is 1. The zero-order valence-corrected chi connectivity index (χ0v) is 12.7. The van der Waals surface area contributed by atoms with Crippen LogP contribution >= 0.6 is 0 Å². The molecule has 1 aliphatic rings. The van der Waals surface area contributed by atoms with Crippen LogP contribution < -0.4 is 10.5 Å². The second kappa shape index (κ2) is 5.20. The average Bonchev–Trinajstić information content (AvgIpc) is 3.33. The Morgan fingerprint density at radius 3 is 2.87 bits per heavy atom. The molecule has 3 aromatic heterocycles. The molecule has 4 rings (SSSR count). The van der Waals surface area contributed by atoms with Crippen molar-refractivity contribution < 1.29 is 9.84 Å². The number of methoxy groups -OCH3 is 1. The van der Waals surface area contributed by atoms with Crippen LogP contribution in [0, 0.1) is 0 Å². The highest BCUT2D eigenvalue weighted by Crippen LogP contribution is 2.43. The Morgan fingerprint density at radius 2 is 2.22 bits per heavy atom. The van der Waals surface area contributed by atoms with Crippen LogP contribution in [0.2, 0.25) is 0 Å². The number of rotatable bonds is 4. The molecule has 0 unspecified atom stereocenters. The van der Waals surface area contributed by atoms with Crippen molar-refractivity contribution in [3.63, 3.8) is 0 Å². The van der Waals surface area contributed by atoms with E-state index in [0.717, 1.165) is 30.0 Å². The molecule has 3 N–H and O–H groups in total. The third-order valence-corrected chi connectivity index (χ3v) is 4.11. The first-order valence-electron chi connectivity index (χ1n) is 7.50. The number of aliphatic hydroxyl groups excluding tert-OH is 1. The Hall–Kier alpha value is -2.67.